The van der Waals surface area contributed by atoms with Gasteiger partial charge in [0.15, 0.2) is 0 Å². The predicted molar refractivity (Wildman–Crippen MR) is 125 cm³/mol. The maximum Gasteiger partial charge on any atom is 0.240 e. The number of benzene rings is 2. The molecule has 2 amide bonds. The van der Waals surface area contributed by atoms with Crippen LogP contribution in [-0.4, -0.2) is 34.4 Å². The summed E-state index contributed by atoms with van der Waals surface area (Å²) in [7, 11) is 0. The van der Waals surface area contributed by atoms with E-state index in [1.807, 2.05) is 37.3 Å². The van der Waals surface area contributed by atoms with Crippen molar-refractivity contribution in [3.05, 3.63) is 71.0 Å². The van der Waals surface area contributed by atoms with Crippen LogP contribution in [0.3, 0.4) is 0 Å². The Morgan fingerprint density at radius 1 is 1.09 bits per heavy atom. The van der Waals surface area contributed by atoms with Crippen molar-refractivity contribution in [3.8, 4) is 11.4 Å². The molecule has 0 spiro atoms. The highest BCUT2D eigenvalue weighted by atomic mass is 35.5. The van der Waals surface area contributed by atoms with Gasteiger partial charge in [-0.1, -0.05) is 29.8 Å². The molecule has 8 nitrogen and oxygen atoms in total. The number of para-hydroxylation sites is 1. The lowest BCUT2D eigenvalue weighted by Gasteiger charge is -2.07. The van der Waals surface area contributed by atoms with E-state index in [2.05, 4.69) is 20.9 Å². The fraction of sp³-hybridized carbons (Fsp3) is 0.217. The fourth-order valence-electron chi connectivity index (χ4n) is 2.87. The van der Waals surface area contributed by atoms with Crippen molar-refractivity contribution in [2.75, 3.05) is 11.9 Å². The van der Waals surface area contributed by atoms with Gasteiger partial charge in [0.2, 0.25) is 11.8 Å². The number of anilines is 1. The first kappa shape index (κ1) is 23.0. The van der Waals surface area contributed by atoms with Crippen molar-refractivity contribution in [1.82, 2.24) is 15.2 Å². The molecule has 2 aromatic carbocycles. The fourth-order valence-corrected chi connectivity index (χ4v) is 3.20. The minimum atomic E-state index is -0.382. The molecule has 0 bridgehead atoms. The number of carbonyl (C=O) groups is 2. The first-order valence-electron chi connectivity index (χ1n) is 10.1. The van der Waals surface area contributed by atoms with Gasteiger partial charge in [-0.05, 0) is 50.2 Å². The largest absolute Gasteiger partial charge is 0.494 e. The number of nitrogens with zero attached hydrogens (tertiary/aromatic N) is 3. The van der Waals surface area contributed by atoms with Crippen LogP contribution < -0.4 is 15.5 Å². The third-order valence-corrected chi connectivity index (χ3v) is 4.82. The van der Waals surface area contributed by atoms with Gasteiger partial charge in [0.05, 0.1) is 29.8 Å². The minimum absolute atomic E-state index is 0.00378. The zero-order valence-electron chi connectivity index (χ0n) is 17.8. The predicted octanol–water partition coefficient (Wildman–Crippen LogP) is 4.10. The summed E-state index contributed by atoms with van der Waals surface area (Å²) in [5, 5.41) is 11.5. The highest BCUT2D eigenvalue weighted by Gasteiger charge is 2.13. The molecule has 1 heterocycles. The van der Waals surface area contributed by atoms with Gasteiger partial charge in [0, 0.05) is 18.5 Å². The van der Waals surface area contributed by atoms with Gasteiger partial charge in [-0.2, -0.15) is 10.2 Å². The quantitative estimate of drug-likeness (QED) is 0.376. The molecule has 166 valence electrons. The molecule has 2 N–H and O–H groups in total. The average Bonchev–Trinajstić information content (AvgIpc) is 3.08. The normalized spacial score (nSPS) is 10.8. The van der Waals surface area contributed by atoms with E-state index >= 15 is 0 Å². The Hall–Kier alpha value is -3.65. The van der Waals surface area contributed by atoms with Crippen molar-refractivity contribution in [2.45, 2.75) is 26.7 Å². The summed E-state index contributed by atoms with van der Waals surface area (Å²) >= 11 is 6.42. The molecule has 0 aliphatic rings. The highest BCUT2D eigenvalue weighted by Crippen LogP contribution is 2.22. The van der Waals surface area contributed by atoms with Gasteiger partial charge >= 0.3 is 0 Å². The summed E-state index contributed by atoms with van der Waals surface area (Å²) in [6.45, 7) is 4.28. The monoisotopic (exact) mass is 453 g/mol. The Morgan fingerprint density at radius 3 is 2.47 bits per heavy atom. The van der Waals surface area contributed by atoms with Crippen LogP contribution in [0.2, 0.25) is 5.15 Å². The maximum atomic E-state index is 12.1. The molecule has 0 unspecified atom stereocenters. The summed E-state index contributed by atoms with van der Waals surface area (Å²) in [4.78, 5) is 24.1. The lowest BCUT2D eigenvalue weighted by Crippen LogP contribution is -2.20. The number of aromatic nitrogens is 2. The van der Waals surface area contributed by atoms with Crippen molar-refractivity contribution in [2.24, 2.45) is 5.10 Å². The molecule has 0 aliphatic carbocycles. The lowest BCUT2D eigenvalue weighted by molar-refractivity contribution is -0.124. The SMILES string of the molecule is CCOc1ccc(NC(=O)CCC(=O)NN=Cc2c(C)nn(-c3ccccc3)c2Cl)cc1. The van der Waals surface area contributed by atoms with Crippen LogP contribution in [0.1, 0.15) is 31.0 Å². The molecule has 0 radical (unpaired) electrons. The topological polar surface area (TPSA) is 97.6 Å². The number of hydrazone groups is 1. The number of carbonyl (C=O) groups excluding carboxylic acids is 2. The molecule has 32 heavy (non-hydrogen) atoms. The number of halogens is 1. The molecular formula is C23H24ClN5O3. The molecule has 9 heteroatoms. The second kappa shape index (κ2) is 11.1. The molecule has 0 aliphatic heterocycles. The van der Waals surface area contributed by atoms with E-state index in [4.69, 9.17) is 16.3 Å². The number of ether oxygens (including phenoxy) is 1. The summed E-state index contributed by atoms with van der Waals surface area (Å²) in [5.41, 5.74) is 5.15. The standard InChI is InChI=1S/C23H24ClN5O3/c1-3-32-19-11-9-17(10-12-19)26-21(30)13-14-22(31)27-25-15-20-16(2)28-29(23(20)24)18-7-5-4-6-8-18/h4-12,15H,3,13-14H2,1-2H3,(H,26,30)(H,27,31). The average molecular weight is 454 g/mol. The zero-order chi connectivity index (χ0) is 22.9. The van der Waals surface area contributed by atoms with Gasteiger partial charge in [0.25, 0.3) is 0 Å². The Bertz CT molecular complexity index is 1090. The third kappa shape index (κ3) is 6.18. The summed E-state index contributed by atoms with van der Waals surface area (Å²) in [5.74, 6) is 0.0797. The van der Waals surface area contributed by atoms with Crippen molar-refractivity contribution in [3.63, 3.8) is 0 Å². The first-order chi connectivity index (χ1) is 15.5. The van der Waals surface area contributed by atoms with E-state index in [0.717, 1.165) is 11.4 Å². The van der Waals surface area contributed by atoms with E-state index in [-0.39, 0.29) is 24.7 Å². The van der Waals surface area contributed by atoms with Crippen molar-refractivity contribution < 1.29 is 14.3 Å². The molecule has 3 rings (SSSR count). The first-order valence-corrected chi connectivity index (χ1v) is 10.5. The summed E-state index contributed by atoms with van der Waals surface area (Å²) in [6, 6.07) is 16.5. The minimum Gasteiger partial charge on any atom is -0.494 e. The van der Waals surface area contributed by atoms with Crippen molar-refractivity contribution >= 4 is 35.3 Å². The maximum absolute atomic E-state index is 12.1. The third-order valence-electron chi connectivity index (χ3n) is 4.46. The van der Waals surface area contributed by atoms with Gasteiger partial charge in [-0.3, -0.25) is 9.59 Å². The lowest BCUT2D eigenvalue weighted by atomic mass is 10.2. The van der Waals surface area contributed by atoms with Crippen LogP contribution in [0.25, 0.3) is 5.69 Å². The number of hydrogen-bond acceptors (Lipinski definition) is 5. The van der Waals surface area contributed by atoms with E-state index in [1.54, 1.807) is 35.9 Å². The van der Waals surface area contributed by atoms with E-state index in [9.17, 15) is 9.59 Å². The summed E-state index contributed by atoms with van der Waals surface area (Å²) in [6.07, 6.45) is 1.47. The van der Waals surface area contributed by atoms with Crippen LogP contribution in [0.15, 0.2) is 59.7 Å². The van der Waals surface area contributed by atoms with Gasteiger partial charge in [-0.15, -0.1) is 0 Å². The second-order valence-electron chi connectivity index (χ2n) is 6.84. The molecule has 0 saturated heterocycles. The highest BCUT2D eigenvalue weighted by molar-refractivity contribution is 6.32. The second-order valence-corrected chi connectivity index (χ2v) is 7.19. The molecule has 0 fully saturated rings. The molecule has 0 saturated carbocycles. The summed E-state index contributed by atoms with van der Waals surface area (Å²) < 4.78 is 6.96. The van der Waals surface area contributed by atoms with Crippen LogP contribution in [-0.2, 0) is 9.59 Å². The number of rotatable bonds is 9. The number of amides is 2. The van der Waals surface area contributed by atoms with Crippen LogP contribution in [0.5, 0.6) is 5.75 Å². The number of nitrogens with one attached hydrogen (secondary N) is 2. The van der Waals surface area contributed by atoms with Gasteiger partial charge in [0.1, 0.15) is 10.9 Å². The Balaban J connectivity index is 1.48. The Labute approximate surface area is 191 Å². The van der Waals surface area contributed by atoms with E-state index < -0.39 is 0 Å². The van der Waals surface area contributed by atoms with Crippen LogP contribution in [0, 0.1) is 6.92 Å². The van der Waals surface area contributed by atoms with E-state index in [0.29, 0.717) is 28.7 Å². The molecule has 0 atom stereocenters. The number of aryl methyl sites for hydroxylation is 1. The zero-order valence-corrected chi connectivity index (χ0v) is 18.6. The smallest absolute Gasteiger partial charge is 0.240 e. The van der Waals surface area contributed by atoms with Crippen LogP contribution in [0.4, 0.5) is 5.69 Å². The number of hydrogen-bond donors (Lipinski definition) is 2. The van der Waals surface area contributed by atoms with Crippen molar-refractivity contribution in [1.29, 1.82) is 0 Å². The molecular weight excluding hydrogens is 430 g/mol. The van der Waals surface area contributed by atoms with Gasteiger partial charge < -0.3 is 10.1 Å². The van der Waals surface area contributed by atoms with E-state index in [1.165, 1.54) is 6.21 Å². The molecule has 1 aromatic heterocycles. The van der Waals surface area contributed by atoms with Gasteiger partial charge in [-0.25, -0.2) is 10.1 Å². The van der Waals surface area contributed by atoms with Crippen LogP contribution >= 0.6 is 11.6 Å². The molecule has 3 aromatic rings. The Morgan fingerprint density at radius 2 is 1.78 bits per heavy atom. The Kier molecular flexibility index (Phi) is 7.99.